The molecule has 3 nitrogen and oxygen atoms in total. The summed E-state index contributed by atoms with van der Waals surface area (Å²) >= 11 is 0. The van der Waals surface area contributed by atoms with Gasteiger partial charge in [-0.2, -0.15) is 5.26 Å². The van der Waals surface area contributed by atoms with Gasteiger partial charge in [-0.15, -0.1) is 0 Å². The van der Waals surface area contributed by atoms with Crippen LogP contribution in [0, 0.1) is 18.3 Å². The molecule has 0 spiro atoms. The van der Waals surface area contributed by atoms with Crippen LogP contribution in [0.5, 0.6) is 0 Å². The van der Waals surface area contributed by atoms with Crippen molar-refractivity contribution >= 4 is 5.69 Å². The van der Waals surface area contributed by atoms with E-state index in [0.717, 1.165) is 18.5 Å². The van der Waals surface area contributed by atoms with E-state index in [1.165, 1.54) is 5.69 Å². The average Bonchev–Trinajstić information content (AvgIpc) is 2.39. The Morgan fingerprint density at radius 3 is 2.67 bits per heavy atom. The van der Waals surface area contributed by atoms with Crippen LogP contribution in [0.25, 0.3) is 0 Å². The maximum absolute atomic E-state index is 8.90. The van der Waals surface area contributed by atoms with E-state index >= 15 is 0 Å². The summed E-state index contributed by atoms with van der Waals surface area (Å²) in [6.07, 6.45) is 1.09. The van der Waals surface area contributed by atoms with E-state index < -0.39 is 0 Å². The molecule has 0 N–H and O–H groups in total. The number of hydrogen-bond acceptors (Lipinski definition) is 3. The van der Waals surface area contributed by atoms with Gasteiger partial charge in [0.1, 0.15) is 0 Å². The highest BCUT2D eigenvalue weighted by Gasteiger charge is 2.14. The second-order valence-corrected chi connectivity index (χ2v) is 4.56. The van der Waals surface area contributed by atoms with E-state index in [2.05, 4.69) is 31.7 Å². The summed E-state index contributed by atoms with van der Waals surface area (Å²) in [6, 6.07) is 8.50. The van der Waals surface area contributed by atoms with Gasteiger partial charge in [0.15, 0.2) is 0 Å². The second-order valence-electron chi connectivity index (χ2n) is 4.56. The zero-order chi connectivity index (χ0) is 13.5. The van der Waals surface area contributed by atoms with E-state index in [4.69, 9.17) is 10.00 Å². The number of ether oxygens (including phenoxy) is 1. The molecular formula is C15H22N2O. The molecule has 0 aliphatic carbocycles. The summed E-state index contributed by atoms with van der Waals surface area (Å²) in [5.74, 6) is 0. The summed E-state index contributed by atoms with van der Waals surface area (Å²) in [6.45, 7) is 8.04. The Labute approximate surface area is 110 Å². The fraction of sp³-hybridized carbons (Fsp3) is 0.533. The van der Waals surface area contributed by atoms with Crippen LogP contribution in [0.1, 0.15) is 31.4 Å². The Hall–Kier alpha value is -1.53. The minimum atomic E-state index is 0.465. The van der Waals surface area contributed by atoms with Gasteiger partial charge in [-0.3, -0.25) is 0 Å². The summed E-state index contributed by atoms with van der Waals surface area (Å²) in [5.41, 5.74) is 3.05. The number of hydrogen-bond donors (Lipinski definition) is 0. The number of benzene rings is 1. The topological polar surface area (TPSA) is 36.3 Å². The third-order valence-corrected chi connectivity index (χ3v) is 3.29. The fourth-order valence-electron chi connectivity index (χ4n) is 2.04. The smallest absolute Gasteiger partial charge is 0.0991 e. The highest BCUT2D eigenvalue weighted by atomic mass is 16.5. The van der Waals surface area contributed by atoms with E-state index in [1.54, 1.807) is 7.11 Å². The predicted molar refractivity (Wildman–Crippen MR) is 74.9 cm³/mol. The van der Waals surface area contributed by atoms with Crippen LogP contribution in [0.4, 0.5) is 5.69 Å². The van der Waals surface area contributed by atoms with Crippen LogP contribution in [-0.4, -0.2) is 26.3 Å². The normalized spacial score (nSPS) is 11.9. The number of methoxy groups -OCH3 is 1. The molecular weight excluding hydrogens is 224 g/mol. The standard InChI is InChI=1S/C15H22N2O/c1-5-13(3)17(8-9-18-4)15-7-6-14(11-16)10-12(15)2/h6-7,10,13H,5,8-9H2,1-4H3. The van der Waals surface area contributed by atoms with Crippen molar-refractivity contribution < 1.29 is 4.74 Å². The van der Waals surface area contributed by atoms with Crippen LogP contribution < -0.4 is 4.90 Å². The second kappa shape index (κ2) is 7.03. The Bertz CT molecular complexity index is 423. The van der Waals surface area contributed by atoms with Crippen LogP contribution >= 0.6 is 0 Å². The number of nitriles is 1. The molecule has 1 rings (SSSR count). The van der Waals surface area contributed by atoms with Crippen LogP contribution in [0.15, 0.2) is 18.2 Å². The zero-order valence-electron chi connectivity index (χ0n) is 11.7. The highest BCUT2D eigenvalue weighted by molar-refractivity contribution is 5.56. The van der Waals surface area contributed by atoms with Gasteiger partial charge in [0.25, 0.3) is 0 Å². The third kappa shape index (κ3) is 3.48. The van der Waals surface area contributed by atoms with Crippen molar-refractivity contribution in [2.45, 2.75) is 33.2 Å². The lowest BCUT2D eigenvalue weighted by molar-refractivity contribution is 0.203. The van der Waals surface area contributed by atoms with Crippen molar-refractivity contribution in [3.8, 4) is 6.07 Å². The Kier molecular flexibility index (Phi) is 5.67. The molecule has 1 unspecified atom stereocenters. The van der Waals surface area contributed by atoms with E-state index in [0.29, 0.717) is 18.2 Å². The lowest BCUT2D eigenvalue weighted by Gasteiger charge is -2.32. The van der Waals surface area contributed by atoms with E-state index in [1.807, 2.05) is 18.2 Å². The maximum Gasteiger partial charge on any atom is 0.0991 e. The van der Waals surface area contributed by atoms with Gasteiger partial charge < -0.3 is 9.64 Å². The molecule has 0 aromatic heterocycles. The number of aryl methyl sites for hydroxylation is 1. The fourth-order valence-corrected chi connectivity index (χ4v) is 2.04. The summed E-state index contributed by atoms with van der Waals surface area (Å²) < 4.78 is 5.18. The lowest BCUT2D eigenvalue weighted by atomic mass is 10.1. The van der Waals surface area contributed by atoms with Crippen molar-refractivity contribution in [3.63, 3.8) is 0 Å². The first-order chi connectivity index (χ1) is 8.63. The molecule has 0 amide bonds. The van der Waals surface area contributed by atoms with Crippen LogP contribution in [-0.2, 0) is 4.74 Å². The first kappa shape index (κ1) is 14.5. The zero-order valence-corrected chi connectivity index (χ0v) is 11.7. The molecule has 0 heterocycles. The largest absolute Gasteiger partial charge is 0.383 e. The first-order valence-corrected chi connectivity index (χ1v) is 6.40. The SMILES string of the molecule is CCC(C)N(CCOC)c1ccc(C#N)cc1C. The van der Waals surface area contributed by atoms with Gasteiger partial charge in [0.05, 0.1) is 18.2 Å². The number of rotatable bonds is 6. The van der Waals surface area contributed by atoms with Crippen LogP contribution in [0.2, 0.25) is 0 Å². The van der Waals surface area contributed by atoms with Gasteiger partial charge >= 0.3 is 0 Å². The number of nitrogens with zero attached hydrogens (tertiary/aromatic N) is 2. The van der Waals surface area contributed by atoms with E-state index in [9.17, 15) is 0 Å². The number of anilines is 1. The Morgan fingerprint density at radius 2 is 2.17 bits per heavy atom. The van der Waals surface area contributed by atoms with Gasteiger partial charge in [0.2, 0.25) is 0 Å². The van der Waals surface area contributed by atoms with Crippen molar-refractivity contribution in [3.05, 3.63) is 29.3 Å². The summed E-state index contributed by atoms with van der Waals surface area (Å²) in [5, 5.41) is 8.90. The molecule has 3 heteroatoms. The molecule has 1 aromatic carbocycles. The van der Waals surface area contributed by atoms with Crippen molar-refractivity contribution in [1.82, 2.24) is 0 Å². The van der Waals surface area contributed by atoms with Crippen molar-refractivity contribution in [2.24, 2.45) is 0 Å². The molecule has 0 saturated carbocycles. The molecule has 1 aromatic rings. The molecule has 1 atom stereocenters. The molecule has 0 aliphatic rings. The Morgan fingerprint density at radius 1 is 1.44 bits per heavy atom. The monoisotopic (exact) mass is 246 g/mol. The Balaban J connectivity index is 3.01. The van der Waals surface area contributed by atoms with Crippen molar-refractivity contribution in [1.29, 1.82) is 5.26 Å². The minimum Gasteiger partial charge on any atom is -0.383 e. The summed E-state index contributed by atoms with van der Waals surface area (Å²) in [4.78, 5) is 2.35. The van der Waals surface area contributed by atoms with Gasteiger partial charge in [-0.1, -0.05) is 6.92 Å². The molecule has 98 valence electrons. The molecule has 0 aliphatic heterocycles. The van der Waals surface area contributed by atoms with Crippen LogP contribution in [0.3, 0.4) is 0 Å². The van der Waals surface area contributed by atoms with Gasteiger partial charge in [-0.25, -0.2) is 0 Å². The third-order valence-electron chi connectivity index (χ3n) is 3.29. The molecule has 0 bridgehead atoms. The summed E-state index contributed by atoms with van der Waals surface area (Å²) in [7, 11) is 1.72. The predicted octanol–water partition coefficient (Wildman–Crippen LogP) is 3.12. The first-order valence-electron chi connectivity index (χ1n) is 6.40. The lowest BCUT2D eigenvalue weighted by Crippen LogP contribution is -2.35. The minimum absolute atomic E-state index is 0.465. The van der Waals surface area contributed by atoms with E-state index in [-0.39, 0.29) is 0 Å². The molecule has 18 heavy (non-hydrogen) atoms. The maximum atomic E-state index is 8.90. The van der Waals surface area contributed by atoms with Gasteiger partial charge in [0, 0.05) is 25.4 Å². The van der Waals surface area contributed by atoms with Crippen molar-refractivity contribution in [2.75, 3.05) is 25.2 Å². The molecule has 0 fully saturated rings. The van der Waals surface area contributed by atoms with Gasteiger partial charge in [-0.05, 0) is 44.0 Å². The highest BCUT2D eigenvalue weighted by Crippen LogP contribution is 2.24. The quantitative estimate of drug-likeness (QED) is 0.773. The molecule has 0 radical (unpaired) electrons. The molecule has 0 saturated heterocycles. The average molecular weight is 246 g/mol.